The predicted molar refractivity (Wildman–Crippen MR) is 73.2 cm³/mol. The summed E-state index contributed by atoms with van der Waals surface area (Å²) in [5.41, 5.74) is 2.40. The SMILES string of the molecule is Cc1ccc(Cc2nnc(NC(=O)CCl)s2)cc1. The van der Waals surface area contributed by atoms with Gasteiger partial charge in [0.2, 0.25) is 11.0 Å². The van der Waals surface area contributed by atoms with Crippen molar-refractivity contribution in [3.05, 3.63) is 40.4 Å². The van der Waals surface area contributed by atoms with Crippen molar-refractivity contribution >= 4 is 34.0 Å². The first kappa shape index (κ1) is 13.0. The van der Waals surface area contributed by atoms with Crippen molar-refractivity contribution in [2.24, 2.45) is 0 Å². The summed E-state index contributed by atoms with van der Waals surface area (Å²) in [5.74, 6) is -0.345. The highest BCUT2D eigenvalue weighted by molar-refractivity contribution is 7.15. The van der Waals surface area contributed by atoms with Crippen LogP contribution in [0.1, 0.15) is 16.1 Å². The number of aryl methyl sites for hydroxylation is 1. The maximum atomic E-state index is 11.1. The number of amides is 1. The van der Waals surface area contributed by atoms with E-state index in [1.807, 2.05) is 0 Å². The van der Waals surface area contributed by atoms with Crippen LogP contribution in [0.3, 0.4) is 0 Å². The maximum absolute atomic E-state index is 11.1. The van der Waals surface area contributed by atoms with E-state index < -0.39 is 0 Å². The standard InChI is InChI=1S/C12H12ClN3OS/c1-8-2-4-9(5-3-8)6-11-15-16-12(18-11)14-10(17)7-13/h2-5H,6-7H2,1H3,(H,14,16,17). The molecule has 1 aromatic carbocycles. The lowest BCUT2D eigenvalue weighted by Crippen LogP contribution is -2.12. The number of halogens is 1. The Morgan fingerprint density at radius 2 is 2.06 bits per heavy atom. The Morgan fingerprint density at radius 1 is 1.33 bits per heavy atom. The molecule has 94 valence electrons. The predicted octanol–water partition coefficient (Wildman–Crippen LogP) is 2.61. The molecule has 0 spiro atoms. The second kappa shape index (κ2) is 5.93. The van der Waals surface area contributed by atoms with Gasteiger partial charge >= 0.3 is 0 Å². The summed E-state index contributed by atoms with van der Waals surface area (Å²) < 4.78 is 0. The molecular weight excluding hydrogens is 270 g/mol. The van der Waals surface area contributed by atoms with Crippen LogP contribution in [0.2, 0.25) is 0 Å². The highest BCUT2D eigenvalue weighted by Crippen LogP contribution is 2.18. The molecule has 1 heterocycles. The normalized spacial score (nSPS) is 10.3. The molecule has 0 unspecified atom stereocenters. The number of carbonyl (C=O) groups excluding carboxylic acids is 1. The van der Waals surface area contributed by atoms with Crippen molar-refractivity contribution in [1.82, 2.24) is 10.2 Å². The quantitative estimate of drug-likeness (QED) is 0.877. The van der Waals surface area contributed by atoms with Gasteiger partial charge in [-0.3, -0.25) is 10.1 Å². The lowest BCUT2D eigenvalue weighted by atomic mass is 10.1. The van der Waals surface area contributed by atoms with Gasteiger partial charge in [-0.2, -0.15) is 0 Å². The topological polar surface area (TPSA) is 54.9 Å². The van der Waals surface area contributed by atoms with E-state index in [0.717, 1.165) is 5.01 Å². The third-order valence-electron chi connectivity index (χ3n) is 2.31. The molecular formula is C12H12ClN3OS. The molecule has 1 N–H and O–H groups in total. The van der Waals surface area contributed by atoms with E-state index in [1.54, 1.807) is 0 Å². The summed E-state index contributed by atoms with van der Waals surface area (Å²) >= 11 is 6.76. The molecule has 6 heteroatoms. The van der Waals surface area contributed by atoms with Crippen molar-refractivity contribution in [1.29, 1.82) is 0 Å². The molecule has 2 rings (SSSR count). The zero-order valence-corrected chi connectivity index (χ0v) is 11.4. The molecule has 1 aromatic heterocycles. The Hall–Kier alpha value is -1.46. The van der Waals surface area contributed by atoms with Crippen molar-refractivity contribution in [2.45, 2.75) is 13.3 Å². The van der Waals surface area contributed by atoms with Crippen molar-refractivity contribution < 1.29 is 4.79 Å². The number of hydrogen-bond acceptors (Lipinski definition) is 4. The lowest BCUT2D eigenvalue weighted by Gasteiger charge is -1.97. The zero-order chi connectivity index (χ0) is 13.0. The Labute approximate surface area is 114 Å². The molecule has 0 saturated heterocycles. The van der Waals surface area contributed by atoms with Crippen LogP contribution in [0.4, 0.5) is 5.13 Å². The summed E-state index contributed by atoms with van der Waals surface area (Å²) in [4.78, 5) is 11.1. The number of benzene rings is 1. The number of alkyl halides is 1. The number of nitrogens with zero attached hydrogens (tertiary/aromatic N) is 2. The smallest absolute Gasteiger partial charge is 0.241 e. The van der Waals surface area contributed by atoms with Gasteiger partial charge in [-0.05, 0) is 12.5 Å². The molecule has 0 aliphatic carbocycles. The van der Waals surface area contributed by atoms with E-state index in [1.165, 1.54) is 22.5 Å². The molecule has 1 amide bonds. The summed E-state index contributed by atoms with van der Waals surface area (Å²) in [6, 6.07) is 8.25. The minimum atomic E-state index is -0.269. The van der Waals surface area contributed by atoms with Crippen molar-refractivity contribution in [3.8, 4) is 0 Å². The molecule has 0 atom stereocenters. The van der Waals surface area contributed by atoms with E-state index in [2.05, 4.69) is 46.7 Å². The monoisotopic (exact) mass is 281 g/mol. The van der Waals surface area contributed by atoms with E-state index >= 15 is 0 Å². The Kier molecular flexibility index (Phi) is 4.28. The molecule has 0 fully saturated rings. The molecule has 0 saturated carbocycles. The lowest BCUT2D eigenvalue weighted by molar-refractivity contribution is -0.113. The number of anilines is 1. The van der Waals surface area contributed by atoms with Crippen LogP contribution >= 0.6 is 22.9 Å². The second-order valence-corrected chi connectivity index (χ2v) is 5.17. The van der Waals surface area contributed by atoms with Crippen LogP contribution < -0.4 is 5.32 Å². The van der Waals surface area contributed by atoms with Gasteiger partial charge in [0.25, 0.3) is 0 Å². The number of rotatable bonds is 4. The third kappa shape index (κ3) is 3.51. The first-order valence-corrected chi connectivity index (χ1v) is 6.76. The van der Waals surface area contributed by atoms with Gasteiger partial charge in [-0.15, -0.1) is 21.8 Å². The van der Waals surface area contributed by atoms with Crippen LogP contribution in [0.15, 0.2) is 24.3 Å². The minimum absolute atomic E-state index is 0.0765. The maximum Gasteiger partial charge on any atom is 0.241 e. The Bertz CT molecular complexity index is 539. The third-order valence-corrected chi connectivity index (χ3v) is 3.39. The minimum Gasteiger partial charge on any atom is -0.299 e. The number of nitrogens with one attached hydrogen (secondary N) is 1. The fourth-order valence-electron chi connectivity index (χ4n) is 1.41. The fraction of sp³-hybridized carbons (Fsp3) is 0.250. The van der Waals surface area contributed by atoms with Crippen LogP contribution in [-0.4, -0.2) is 22.0 Å². The first-order chi connectivity index (χ1) is 8.67. The Balaban J connectivity index is 2.02. The number of carbonyl (C=O) groups is 1. The average molecular weight is 282 g/mol. The highest BCUT2D eigenvalue weighted by atomic mass is 35.5. The number of aromatic nitrogens is 2. The van der Waals surface area contributed by atoms with Crippen molar-refractivity contribution in [3.63, 3.8) is 0 Å². The van der Waals surface area contributed by atoms with Gasteiger partial charge in [0.15, 0.2) is 0 Å². The second-order valence-electron chi connectivity index (χ2n) is 3.85. The van der Waals surface area contributed by atoms with Gasteiger partial charge in [0.05, 0.1) is 0 Å². The van der Waals surface area contributed by atoms with E-state index in [-0.39, 0.29) is 11.8 Å². The average Bonchev–Trinajstić information content (AvgIpc) is 2.79. The van der Waals surface area contributed by atoms with E-state index in [0.29, 0.717) is 11.6 Å². The largest absolute Gasteiger partial charge is 0.299 e. The molecule has 4 nitrogen and oxygen atoms in total. The summed E-state index contributed by atoms with van der Waals surface area (Å²) in [6.45, 7) is 2.05. The van der Waals surface area contributed by atoms with Crippen LogP contribution in [0.25, 0.3) is 0 Å². The van der Waals surface area contributed by atoms with Crippen LogP contribution in [-0.2, 0) is 11.2 Å². The van der Waals surface area contributed by atoms with Gasteiger partial charge in [0, 0.05) is 6.42 Å². The molecule has 0 aliphatic heterocycles. The summed E-state index contributed by atoms with van der Waals surface area (Å²) in [7, 11) is 0. The van der Waals surface area contributed by atoms with E-state index in [4.69, 9.17) is 11.6 Å². The summed E-state index contributed by atoms with van der Waals surface area (Å²) in [5, 5.41) is 11.9. The van der Waals surface area contributed by atoms with Crippen LogP contribution in [0, 0.1) is 6.92 Å². The van der Waals surface area contributed by atoms with E-state index in [9.17, 15) is 4.79 Å². The zero-order valence-electron chi connectivity index (χ0n) is 9.81. The van der Waals surface area contributed by atoms with Gasteiger partial charge in [-0.1, -0.05) is 41.2 Å². The molecule has 0 radical (unpaired) electrons. The molecule has 18 heavy (non-hydrogen) atoms. The van der Waals surface area contributed by atoms with Crippen molar-refractivity contribution in [2.75, 3.05) is 11.2 Å². The fourth-order valence-corrected chi connectivity index (χ4v) is 2.27. The Morgan fingerprint density at radius 3 is 2.72 bits per heavy atom. The van der Waals surface area contributed by atoms with Crippen LogP contribution in [0.5, 0.6) is 0 Å². The van der Waals surface area contributed by atoms with Gasteiger partial charge in [0.1, 0.15) is 10.9 Å². The first-order valence-electron chi connectivity index (χ1n) is 5.41. The molecule has 0 aliphatic rings. The van der Waals surface area contributed by atoms with Gasteiger partial charge in [-0.25, -0.2) is 0 Å². The summed E-state index contributed by atoms with van der Waals surface area (Å²) in [6.07, 6.45) is 0.717. The molecule has 0 bridgehead atoms. The highest BCUT2D eigenvalue weighted by Gasteiger charge is 2.07. The number of hydrogen-bond donors (Lipinski definition) is 1. The van der Waals surface area contributed by atoms with Gasteiger partial charge < -0.3 is 0 Å². The molecule has 2 aromatic rings.